The van der Waals surface area contributed by atoms with Crippen molar-refractivity contribution in [3.63, 3.8) is 0 Å². The van der Waals surface area contributed by atoms with Gasteiger partial charge in [0, 0.05) is 13.1 Å². The monoisotopic (exact) mass is 239 g/mol. The summed E-state index contributed by atoms with van der Waals surface area (Å²) in [5.74, 6) is 0. The Hall–Kier alpha value is -0.500. The van der Waals surface area contributed by atoms with Crippen molar-refractivity contribution in [1.29, 1.82) is 0 Å². The molecule has 0 aliphatic rings. The molecule has 0 saturated heterocycles. The lowest BCUT2D eigenvalue weighted by atomic mass is 10.2. The molecule has 0 saturated carbocycles. The fraction of sp³-hybridized carbons (Fsp3) is 0.714. The van der Waals surface area contributed by atoms with E-state index in [1.807, 2.05) is 11.3 Å². The molecule has 0 aromatic carbocycles. The molecule has 2 heteroatoms. The van der Waals surface area contributed by atoms with Crippen molar-refractivity contribution in [2.45, 2.75) is 52.4 Å². The SMILES string of the molecule is CCCCCN(CCCCC)c1cccs1. The summed E-state index contributed by atoms with van der Waals surface area (Å²) < 4.78 is 0. The van der Waals surface area contributed by atoms with Crippen molar-refractivity contribution >= 4 is 16.3 Å². The van der Waals surface area contributed by atoms with Crippen molar-refractivity contribution < 1.29 is 0 Å². The van der Waals surface area contributed by atoms with Crippen molar-refractivity contribution in [1.82, 2.24) is 0 Å². The van der Waals surface area contributed by atoms with Crippen molar-refractivity contribution in [2.24, 2.45) is 0 Å². The van der Waals surface area contributed by atoms with Crippen LogP contribution in [0.4, 0.5) is 5.00 Å². The number of hydrogen-bond acceptors (Lipinski definition) is 2. The Labute approximate surface area is 104 Å². The number of unbranched alkanes of at least 4 members (excludes halogenated alkanes) is 4. The summed E-state index contributed by atoms with van der Waals surface area (Å²) in [4.78, 5) is 2.57. The maximum atomic E-state index is 2.57. The lowest BCUT2D eigenvalue weighted by Gasteiger charge is -2.22. The Bertz CT molecular complexity index is 233. The normalized spacial score (nSPS) is 10.6. The van der Waals surface area contributed by atoms with Crippen molar-refractivity contribution in [3.05, 3.63) is 17.5 Å². The summed E-state index contributed by atoms with van der Waals surface area (Å²) >= 11 is 1.87. The van der Waals surface area contributed by atoms with Crippen molar-refractivity contribution in [3.8, 4) is 0 Å². The molecule has 1 heterocycles. The van der Waals surface area contributed by atoms with Crippen LogP contribution in [0, 0.1) is 0 Å². The number of hydrogen-bond donors (Lipinski definition) is 0. The van der Waals surface area contributed by atoms with Gasteiger partial charge in [-0.1, -0.05) is 39.5 Å². The van der Waals surface area contributed by atoms with Crippen LogP contribution in [0.3, 0.4) is 0 Å². The maximum absolute atomic E-state index is 2.57. The van der Waals surface area contributed by atoms with Crippen LogP contribution in [-0.2, 0) is 0 Å². The van der Waals surface area contributed by atoms with Crippen LogP contribution in [0.1, 0.15) is 52.4 Å². The van der Waals surface area contributed by atoms with Crippen LogP contribution in [0.2, 0.25) is 0 Å². The largest absolute Gasteiger partial charge is 0.363 e. The van der Waals surface area contributed by atoms with Gasteiger partial charge in [0.15, 0.2) is 0 Å². The number of nitrogens with zero attached hydrogens (tertiary/aromatic N) is 1. The standard InChI is InChI=1S/C14H25NS/c1-3-5-7-11-15(12-8-6-4-2)14-10-9-13-16-14/h9-10,13H,3-8,11-12H2,1-2H3. The number of rotatable bonds is 9. The summed E-state index contributed by atoms with van der Waals surface area (Å²) in [6.07, 6.45) is 8.01. The lowest BCUT2D eigenvalue weighted by molar-refractivity contribution is 0.639. The second-order valence-electron chi connectivity index (χ2n) is 4.35. The van der Waals surface area contributed by atoms with E-state index < -0.39 is 0 Å². The average Bonchev–Trinajstić information content (AvgIpc) is 2.81. The minimum atomic E-state index is 1.23. The van der Waals surface area contributed by atoms with Gasteiger partial charge in [0.1, 0.15) is 0 Å². The molecule has 0 aliphatic heterocycles. The fourth-order valence-electron chi connectivity index (χ4n) is 1.89. The topological polar surface area (TPSA) is 3.24 Å². The molecule has 0 N–H and O–H groups in total. The smallest absolute Gasteiger partial charge is 0.0908 e. The quantitative estimate of drug-likeness (QED) is 0.552. The molecule has 0 atom stereocenters. The maximum Gasteiger partial charge on any atom is 0.0908 e. The van der Waals surface area contributed by atoms with Crippen LogP contribution in [0.15, 0.2) is 17.5 Å². The molecular weight excluding hydrogens is 214 g/mol. The van der Waals surface area contributed by atoms with Gasteiger partial charge in [0.25, 0.3) is 0 Å². The van der Waals surface area contributed by atoms with Crippen LogP contribution in [0.5, 0.6) is 0 Å². The van der Waals surface area contributed by atoms with E-state index in [0.29, 0.717) is 0 Å². The van der Waals surface area contributed by atoms with Gasteiger partial charge < -0.3 is 4.90 Å². The van der Waals surface area contributed by atoms with Gasteiger partial charge in [0.2, 0.25) is 0 Å². The third-order valence-electron chi connectivity index (χ3n) is 2.88. The minimum Gasteiger partial charge on any atom is -0.363 e. The first-order valence-electron chi connectivity index (χ1n) is 6.67. The molecule has 0 bridgehead atoms. The predicted molar refractivity (Wildman–Crippen MR) is 75.6 cm³/mol. The first kappa shape index (κ1) is 13.6. The van der Waals surface area contributed by atoms with E-state index >= 15 is 0 Å². The highest BCUT2D eigenvalue weighted by Crippen LogP contribution is 2.22. The first-order valence-corrected chi connectivity index (χ1v) is 7.55. The van der Waals surface area contributed by atoms with Gasteiger partial charge in [0.05, 0.1) is 5.00 Å². The van der Waals surface area contributed by atoms with E-state index in [4.69, 9.17) is 0 Å². The summed E-state index contributed by atoms with van der Waals surface area (Å²) in [7, 11) is 0. The second kappa shape index (κ2) is 8.63. The molecule has 0 aliphatic carbocycles. The number of anilines is 1. The van der Waals surface area contributed by atoms with Gasteiger partial charge >= 0.3 is 0 Å². The average molecular weight is 239 g/mol. The molecule has 0 radical (unpaired) electrons. The molecule has 1 aromatic heterocycles. The van der Waals surface area contributed by atoms with Gasteiger partial charge in [-0.2, -0.15) is 0 Å². The van der Waals surface area contributed by atoms with E-state index in [2.05, 4.69) is 36.3 Å². The Balaban J connectivity index is 2.36. The molecule has 0 spiro atoms. The number of thiophene rings is 1. The molecule has 92 valence electrons. The molecular formula is C14H25NS. The van der Waals surface area contributed by atoms with E-state index in [-0.39, 0.29) is 0 Å². The molecule has 0 unspecified atom stereocenters. The van der Waals surface area contributed by atoms with E-state index in [9.17, 15) is 0 Å². The second-order valence-corrected chi connectivity index (χ2v) is 5.28. The summed E-state index contributed by atoms with van der Waals surface area (Å²) in [6.45, 7) is 7.01. The molecule has 1 rings (SSSR count). The Morgan fingerprint density at radius 2 is 1.62 bits per heavy atom. The van der Waals surface area contributed by atoms with Crippen molar-refractivity contribution in [2.75, 3.05) is 18.0 Å². The molecule has 16 heavy (non-hydrogen) atoms. The van der Waals surface area contributed by atoms with Gasteiger partial charge in [-0.05, 0) is 30.4 Å². The zero-order valence-corrected chi connectivity index (χ0v) is 11.6. The molecule has 0 amide bonds. The third kappa shape index (κ3) is 5.02. The van der Waals surface area contributed by atoms with Gasteiger partial charge in [-0.3, -0.25) is 0 Å². The third-order valence-corrected chi connectivity index (χ3v) is 3.81. The van der Waals surface area contributed by atoms with Crippen LogP contribution >= 0.6 is 11.3 Å². The zero-order valence-electron chi connectivity index (χ0n) is 10.7. The fourth-order valence-corrected chi connectivity index (χ4v) is 2.67. The molecule has 1 aromatic rings. The Morgan fingerprint density at radius 3 is 2.06 bits per heavy atom. The highest BCUT2D eigenvalue weighted by molar-refractivity contribution is 7.14. The van der Waals surface area contributed by atoms with Crippen LogP contribution in [-0.4, -0.2) is 13.1 Å². The summed E-state index contributed by atoms with van der Waals surface area (Å²) in [5.41, 5.74) is 0. The molecule has 1 nitrogen and oxygen atoms in total. The van der Waals surface area contributed by atoms with Crippen LogP contribution in [0.25, 0.3) is 0 Å². The lowest BCUT2D eigenvalue weighted by Crippen LogP contribution is -2.24. The van der Waals surface area contributed by atoms with Crippen LogP contribution < -0.4 is 4.90 Å². The first-order chi connectivity index (χ1) is 7.88. The Morgan fingerprint density at radius 1 is 1.00 bits per heavy atom. The van der Waals surface area contributed by atoms with E-state index in [1.54, 1.807) is 0 Å². The van der Waals surface area contributed by atoms with Gasteiger partial charge in [-0.25, -0.2) is 0 Å². The molecule has 0 fully saturated rings. The summed E-state index contributed by atoms with van der Waals surface area (Å²) in [6, 6.07) is 4.41. The predicted octanol–water partition coefficient (Wildman–Crippen LogP) is 4.93. The van der Waals surface area contributed by atoms with E-state index in [1.165, 1.54) is 56.6 Å². The highest BCUT2D eigenvalue weighted by Gasteiger charge is 2.06. The summed E-state index contributed by atoms with van der Waals surface area (Å²) in [5, 5.41) is 3.63. The van der Waals surface area contributed by atoms with Gasteiger partial charge in [-0.15, -0.1) is 11.3 Å². The van der Waals surface area contributed by atoms with E-state index in [0.717, 1.165) is 0 Å². The zero-order chi connectivity index (χ0) is 11.6. The highest BCUT2D eigenvalue weighted by atomic mass is 32.1. The Kier molecular flexibility index (Phi) is 7.32. The minimum absolute atomic E-state index is 1.23.